The molecule has 212 valence electrons. The first-order chi connectivity index (χ1) is 19.3. The minimum absolute atomic E-state index is 0.160. The van der Waals surface area contributed by atoms with Crippen molar-refractivity contribution in [3.05, 3.63) is 95.7 Å². The molecule has 0 N–H and O–H groups in total. The van der Waals surface area contributed by atoms with Gasteiger partial charge in [0, 0.05) is 30.8 Å². The molecule has 1 aromatic heterocycles. The molecule has 0 spiro atoms. The number of aromatic nitrogens is 2. The van der Waals surface area contributed by atoms with Crippen LogP contribution in [-0.4, -0.2) is 28.1 Å². The Labute approximate surface area is 242 Å². The zero-order chi connectivity index (χ0) is 28.5. The van der Waals surface area contributed by atoms with Gasteiger partial charge in [-0.05, 0) is 60.2 Å². The fourth-order valence-corrected chi connectivity index (χ4v) is 5.17. The monoisotopic (exact) mass is 537 g/mol. The van der Waals surface area contributed by atoms with E-state index in [0.29, 0.717) is 0 Å². The summed E-state index contributed by atoms with van der Waals surface area (Å²) in [4.78, 5) is 7.94. The maximum absolute atomic E-state index is 5.46. The smallest absolute Gasteiger partial charge is 0.140 e. The second-order valence-corrected chi connectivity index (χ2v) is 11.8. The minimum Gasteiger partial charge on any atom is -0.497 e. The summed E-state index contributed by atoms with van der Waals surface area (Å²) >= 11 is 0. The Bertz CT molecular complexity index is 1320. The highest BCUT2D eigenvalue weighted by Crippen LogP contribution is 2.32. The quantitative estimate of drug-likeness (QED) is 0.170. The van der Waals surface area contributed by atoms with Crippen LogP contribution < -0.4 is 4.74 Å². The van der Waals surface area contributed by atoms with Crippen molar-refractivity contribution >= 4 is 0 Å². The number of methoxy groups -OCH3 is 1. The van der Waals surface area contributed by atoms with Crippen molar-refractivity contribution < 1.29 is 4.74 Å². The van der Waals surface area contributed by atoms with Gasteiger partial charge in [-0.15, -0.1) is 0 Å². The van der Waals surface area contributed by atoms with E-state index in [1.165, 1.54) is 29.7 Å². The predicted molar refractivity (Wildman–Crippen MR) is 169 cm³/mol. The molecule has 4 nitrogen and oxygen atoms in total. The van der Waals surface area contributed by atoms with Gasteiger partial charge in [0.25, 0.3) is 0 Å². The molecule has 4 aromatic rings. The SMILES string of the molecule is CCCCN(Cc1ccc(C(C)(C)C)cc1)Cc1c(-c2ccc(OC)cc2)nc(-c2ccccc2)n1CCCC. The van der Waals surface area contributed by atoms with E-state index >= 15 is 0 Å². The average Bonchev–Trinajstić information content (AvgIpc) is 3.32. The molecule has 0 aliphatic carbocycles. The van der Waals surface area contributed by atoms with Crippen LogP contribution in [0.1, 0.15) is 77.1 Å². The summed E-state index contributed by atoms with van der Waals surface area (Å²) in [5.74, 6) is 1.92. The van der Waals surface area contributed by atoms with Crippen LogP contribution in [0.15, 0.2) is 78.9 Å². The van der Waals surface area contributed by atoms with Gasteiger partial charge in [0.15, 0.2) is 0 Å². The third kappa shape index (κ3) is 7.42. The maximum Gasteiger partial charge on any atom is 0.140 e. The highest BCUT2D eigenvalue weighted by Gasteiger charge is 2.22. The molecule has 0 aliphatic rings. The topological polar surface area (TPSA) is 30.3 Å². The first kappa shape index (κ1) is 29.6. The third-order valence-electron chi connectivity index (χ3n) is 7.63. The lowest BCUT2D eigenvalue weighted by Gasteiger charge is -2.25. The zero-order valence-corrected chi connectivity index (χ0v) is 25.4. The number of hydrogen-bond donors (Lipinski definition) is 0. The molecule has 0 amide bonds. The van der Waals surface area contributed by atoms with Crippen LogP contribution in [0, 0.1) is 0 Å². The van der Waals surface area contributed by atoms with Crippen molar-refractivity contribution in [2.45, 2.75) is 85.4 Å². The van der Waals surface area contributed by atoms with E-state index in [9.17, 15) is 0 Å². The molecule has 0 aliphatic heterocycles. The summed E-state index contributed by atoms with van der Waals surface area (Å²) in [5, 5.41) is 0. The number of imidazole rings is 1. The number of nitrogens with zero attached hydrogens (tertiary/aromatic N) is 3. The van der Waals surface area contributed by atoms with E-state index in [1.54, 1.807) is 7.11 Å². The van der Waals surface area contributed by atoms with E-state index in [0.717, 1.165) is 67.4 Å². The number of rotatable bonds is 13. The van der Waals surface area contributed by atoms with Gasteiger partial charge in [-0.2, -0.15) is 0 Å². The summed E-state index contributed by atoms with van der Waals surface area (Å²) in [7, 11) is 1.72. The average molecular weight is 538 g/mol. The van der Waals surface area contributed by atoms with E-state index in [-0.39, 0.29) is 5.41 Å². The van der Waals surface area contributed by atoms with Crippen molar-refractivity contribution in [2.75, 3.05) is 13.7 Å². The molecule has 4 rings (SSSR count). The molecule has 0 saturated heterocycles. The first-order valence-corrected chi connectivity index (χ1v) is 14.9. The molecular weight excluding hydrogens is 490 g/mol. The van der Waals surface area contributed by atoms with Crippen molar-refractivity contribution in [3.63, 3.8) is 0 Å². The van der Waals surface area contributed by atoms with Crippen LogP contribution in [-0.2, 0) is 25.0 Å². The third-order valence-corrected chi connectivity index (χ3v) is 7.63. The van der Waals surface area contributed by atoms with Crippen LogP contribution in [0.4, 0.5) is 0 Å². The first-order valence-electron chi connectivity index (χ1n) is 14.9. The lowest BCUT2D eigenvalue weighted by atomic mass is 9.87. The summed E-state index contributed by atoms with van der Waals surface area (Å²) in [6.45, 7) is 15.2. The Kier molecular flexibility index (Phi) is 10.2. The molecule has 40 heavy (non-hydrogen) atoms. The van der Waals surface area contributed by atoms with Gasteiger partial charge >= 0.3 is 0 Å². The van der Waals surface area contributed by atoms with Gasteiger partial charge in [-0.25, -0.2) is 4.98 Å². The standard InChI is InChI=1S/C36H47N3O/c1-7-9-24-38(26-28-16-20-31(21-17-28)36(3,4)5)27-33-34(29-18-22-32(40-6)23-19-29)37-35(39(33)25-10-8-2)30-14-12-11-13-15-30/h11-23H,7-10,24-27H2,1-6H3. The Morgan fingerprint density at radius 3 is 2.05 bits per heavy atom. The Balaban J connectivity index is 1.77. The van der Waals surface area contributed by atoms with Gasteiger partial charge in [0.2, 0.25) is 0 Å². The fourth-order valence-electron chi connectivity index (χ4n) is 5.17. The van der Waals surface area contributed by atoms with E-state index in [4.69, 9.17) is 9.72 Å². The summed E-state index contributed by atoms with van der Waals surface area (Å²) < 4.78 is 7.94. The van der Waals surface area contributed by atoms with Gasteiger partial charge in [0.1, 0.15) is 11.6 Å². The van der Waals surface area contributed by atoms with Gasteiger partial charge < -0.3 is 9.30 Å². The van der Waals surface area contributed by atoms with Gasteiger partial charge in [-0.1, -0.05) is 102 Å². The molecular formula is C36H47N3O. The molecule has 3 aromatic carbocycles. The number of ether oxygens (including phenoxy) is 1. The molecule has 0 radical (unpaired) electrons. The van der Waals surface area contributed by atoms with Gasteiger partial charge in [-0.3, -0.25) is 4.90 Å². The van der Waals surface area contributed by atoms with Crippen molar-refractivity contribution in [1.29, 1.82) is 0 Å². The van der Waals surface area contributed by atoms with Gasteiger partial charge in [0.05, 0.1) is 18.5 Å². The van der Waals surface area contributed by atoms with Crippen molar-refractivity contribution in [2.24, 2.45) is 0 Å². The zero-order valence-electron chi connectivity index (χ0n) is 25.4. The minimum atomic E-state index is 0.160. The maximum atomic E-state index is 5.46. The Hall–Kier alpha value is -3.37. The van der Waals surface area contributed by atoms with E-state index in [2.05, 4.69) is 111 Å². The Morgan fingerprint density at radius 2 is 1.45 bits per heavy atom. The van der Waals surface area contributed by atoms with Crippen LogP contribution in [0.5, 0.6) is 5.75 Å². The fraction of sp³-hybridized carbons (Fsp3) is 0.417. The molecule has 0 fully saturated rings. The highest BCUT2D eigenvalue weighted by atomic mass is 16.5. The summed E-state index contributed by atoms with van der Waals surface area (Å²) in [6, 6.07) is 28.2. The molecule has 0 saturated carbocycles. The number of unbranched alkanes of at least 4 members (excludes halogenated alkanes) is 2. The van der Waals surface area contributed by atoms with Crippen LogP contribution >= 0.6 is 0 Å². The lowest BCUT2D eigenvalue weighted by molar-refractivity contribution is 0.246. The molecule has 4 heteroatoms. The van der Waals surface area contributed by atoms with Crippen LogP contribution in [0.3, 0.4) is 0 Å². The van der Waals surface area contributed by atoms with Crippen molar-refractivity contribution in [3.8, 4) is 28.4 Å². The largest absolute Gasteiger partial charge is 0.497 e. The second-order valence-electron chi connectivity index (χ2n) is 11.8. The normalized spacial score (nSPS) is 11.8. The van der Waals surface area contributed by atoms with Crippen LogP contribution in [0.2, 0.25) is 0 Å². The highest BCUT2D eigenvalue weighted by molar-refractivity contribution is 5.69. The summed E-state index contributed by atoms with van der Waals surface area (Å²) in [5.41, 5.74) is 7.56. The molecule has 0 atom stereocenters. The lowest BCUT2D eigenvalue weighted by Crippen LogP contribution is -2.26. The Morgan fingerprint density at radius 1 is 0.775 bits per heavy atom. The summed E-state index contributed by atoms with van der Waals surface area (Å²) in [6.07, 6.45) is 4.61. The van der Waals surface area contributed by atoms with Crippen LogP contribution in [0.25, 0.3) is 22.6 Å². The number of benzene rings is 3. The van der Waals surface area contributed by atoms with E-state index < -0.39 is 0 Å². The second kappa shape index (κ2) is 13.8. The number of hydrogen-bond acceptors (Lipinski definition) is 3. The molecule has 0 bridgehead atoms. The molecule has 0 unspecified atom stereocenters. The van der Waals surface area contributed by atoms with Crippen molar-refractivity contribution in [1.82, 2.24) is 14.5 Å². The predicted octanol–water partition coefficient (Wildman–Crippen LogP) is 9.13. The molecule has 1 heterocycles. The van der Waals surface area contributed by atoms with E-state index in [1.807, 2.05) is 12.1 Å².